The van der Waals surface area contributed by atoms with Gasteiger partial charge in [-0.05, 0) is 32.6 Å². The molecule has 0 saturated heterocycles. The summed E-state index contributed by atoms with van der Waals surface area (Å²) in [4.78, 5) is 13.6. The fourth-order valence-electron chi connectivity index (χ4n) is 1.65. The number of hydrogen-bond donors (Lipinski definition) is 0. The Kier molecular flexibility index (Phi) is 3.51. The summed E-state index contributed by atoms with van der Waals surface area (Å²) in [6, 6.07) is 2.18. The molecule has 0 heterocycles. The second-order valence-corrected chi connectivity index (χ2v) is 4.34. The molecule has 0 aromatic rings. The minimum Gasteiger partial charge on any atom is -0.327 e. The lowest BCUT2D eigenvalue weighted by molar-refractivity contribution is -0.136. The van der Waals surface area contributed by atoms with Gasteiger partial charge < -0.3 is 4.90 Å². The quantitative estimate of drug-likeness (QED) is 0.640. The zero-order valence-electron chi connectivity index (χ0n) is 9.16. The largest absolute Gasteiger partial charge is 0.327 e. The van der Waals surface area contributed by atoms with Crippen LogP contribution in [0.15, 0.2) is 0 Å². The van der Waals surface area contributed by atoms with Gasteiger partial charge in [0.05, 0.1) is 6.07 Å². The van der Waals surface area contributed by atoms with Gasteiger partial charge in [-0.1, -0.05) is 6.92 Å². The van der Waals surface area contributed by atoms with Crippen molar-refractivity contribution in [2.45, 2.75) is 39.7 Å². The summed E-state index contributed by atoms with van der Waals surface area (Å²) in [5.41, 5.74) is 0. The molecule has 1 saturated carbocycles. The SMILES string of the molecule is CC(C(=O)N(CC#N)C(C)C)C1CC1. The van der Waals surface area contributed by atoms with E-state index in [2.05, 4.69) is 0 Å². The summed E-state index contributed by atoms with van der Waals surface area (Å²) in [6.07, 6.45) is 2.34. The fourth-order valence-corrected chi connectivity index (χ4v) is 1.65. The highest BCUT2D eigenvalue weighted by Gasteiger charge is 2.35. The number of amides is 1. The van der Waals surface area contributed by atoms with Gasteiger partial charge in [0, 0.05) is 12.0 Å². The Morgan fingerprint density at radius 1 is 1.50 bits per heavy atom. The average molecular weight is 194 g/mol. The van der Waals surface area contributed by atoms with E-state index in [1.165, 1.54) is 12.8 Å². The van der Waals surface area contributed by atoms with Crippen LogP contribution < -0.4 is 0 Å². The molecule has 1 aliphatic rings. The Morgan fingerprint density at radius 2 is 2.07 bits per heavy atom. The normalized spacial score (nSPS) is 17.6. The van der Waals surface area contributed by atoms with E-state index < -0.39 is 0 Å². The van der Waals surface area contributed by atoms with Crippen LogP contribution in [0.4, 0.5) is 0 Å². The number of rotatable bonds is 4. The van der Waals surface area contributed by atoms with Crippen LogP contribution in [0.5, 0.6) is 0 Å². The topological polar surface area (TPSA) is 44.1 Å². The second-order valence-electron chi connectivity index (χ2n) is 4.34. The average Bonchev–Trinajstić information content (AvgIpc) is 2.94. The monoisotopic (exact) mass is 194 g/mol. The lowest BCUT2D eigenvalue weighted by atomic mass is 10.0. The van der Waals surface area contributed by atoms with Crippen molar-refractivity contribution < 1.29 is 4.79 Å². The fraction of sp³-hybridized carbons (Fsp3) is 0.818. The third-order valence-corrected chi connectivity index (χ3v) is 2.87. The number of nitrogens with zero attached hydrogens (tertiary/aromatic N) is 2. The molecule has 1 unspecified atom stereocenters. The molecule has 0 aliphatic heterocycles. The van der Waals surface area contributed by atoms with Crippen LogP contribution in [-0.2, 0) is 4.79 Å². The third kappa shape index (κ3) is 2.47. The Morgan fingerprint density at radius 3 is 2.43 bits per heavy atom. The summed E-state index contributed by atoms with van der Waals surface area (Å²) in [5, 5.41) is 8.63. The minimum atomic E-state index is 0.103. The zero-order valence-corrected chi connectivity index (χ0v) is 9.16. The zero-order chi connectivity index (χ0) is 10.7. The predicted molar refractivity (Wildman–Crippen MR) is 54.4 cm³/mol. The standard InChI is InChI=1S/C11H18N2O/c1-8(2)13(7-6-12)11(14)9(3)10-4-5-10/h8-10H,4-5,7H2,1-3H3. The van der Waals surface area contributed by atoms with E-state index in [0.29, 0.717) is 5.92 Å². The summed E-state index contributed by atoms with van der Waals surface area (Å²) >= 11 is 0. The smallest absolute Gasteiger partial charge is 0.226 e. The maximum atomic E-state index is 11.9. The van der Waals surface area contributed by atoms with Gasteiger partial charge in [0.25, 0.3) is 0 Å². The molecule has 0 N–H and O–H groups in total. The lowest BCUT2D eigenvalue weighted by Gasteiger charge is -2.26. The van der Waals surface area contributed by atoms with Crippen LogP contribution in [-0.4, -0.2) is 23.4 Å². The van der Waals surface area contributed by atoms with E-state index in [1.54, 1.807) is 4.90 Å². The third-order valence-electron chi connectivity index (χ3n) is 2.87. The van der Waals surface area contributed by atoms with Gasteiger partial charge in [0.15, 0.2) is 0 Å². The summed E-state index contributed by atoms with van der Waals surface area (Å²) in [7, 11) is 0. The molecule has 0 aromatic carbocycles. The van der Waals surface area contributed by atoms with Crippen LogP contribution in [0.1, 0.15) is 33.6 Å². The molecular weight excluding hydrogens is 176 g/mol. The highest BCUT2D eigenvalue weighted by atomic mass is 16.2. The highest BCUT2D eigenvalue weighted by molar-refractivity contribution is 5.79. The first-order valence-corrected chi connectivity index (χ1v) is 5.25. The highest BCUT2D eigenvalue weighted by Crippen LogP contribution is 2.37. The van der Waals surface area contributed by atoms with Crippen LogP contribution >= 0.6 is 0 Å². The molecule has 0 aromatic heterocycles. The van der Waals surface area contributed by atoms with Gasteiger partial charge in [-0.15, -0.1) is 0 Å². The molecule has 14 heavy (non-hydrogen) atoms. The Bertz CT molecular complexity index is 251. The van der Waals surface area contributed by atoms with E-state index in [4.69, 9.17) is 5.26 Å². The molecule has 1 rings (SSSR count). The van der Waals surface area contributed by atoms with Crippen molar-refractivity contribution in [3.63, 3.8) is 0 Å². The van der Waals surface area contributed by atoms with E-state index >= 15 is 0 Å². The number of carbonyl (C=O) groups excluding carboxylic acids is 1. The Labute approximate surface area is 85.7 Å². The van der Waals surface area contributed by atoms with Crippen LogP contribution in [0.3, 0.4) is 0 Å². The van der Waals surface area contributed by atoms with Gasteiger partial charge in [-0.25, -0.2) is 0 Å². The van der Waals surface area contributed by atoms with E-state index in [-0.39, 0.29) is 24.4 Å². The van der Waals surface area contributed by atoms with Crippen molar-refractivity contribution in [3.8, 4) is 6.07 Å². The number of carbonyl (C=O) groups is 1. The molecule has 1 amide bonds. The van der Waals surface area contributed by atoms with Crippen molar-refractivity contribution in [1.82, 2.24) is 4.90 Å². The van der Waals surface area contributed by atoms with E-state index in [0.717, 1.165) is 0 Å². The van der Waals surface area contributed by atoms with Gasteiger partial charge >= 0.3 is 0 Å². The van der Waals surface area contributed by atoms with Crippen molar-refractivity contribution in [3.05, 3.63) is 0 Å². The van der Waals surface area contributed by atoms with Gasteiger partial charge in [0.1, 0.15) is 6.54 Å². The molecule has 1 aliphatic carbocycles. The van der Waals surface area contributed by atoms with Crippen molar-refractivity contribution in [2.75, 3.05) is 6.54 Å². The molecule has 3 nitrogen and oxygen atoms in total. The van der Waals surface area contributed by atoms with Crippen LogP contribution in [0.2, 0.25) is 0 Å². The first kappa shape index (κ1) is 11.0. The maximum Gasteiger partial charge on any atom is 0.226 e. The summed E-state index contributed by atoms with van der Waals surface area (Å²) in [5.74, 6) is 0.817. The van der Waals surface area contributed by atoms with Gasteiger partial charge in [-0.2, -0.15) is 5.26 Å². The van der Waals surface area contributed by atoms with Gasteiger partial charge in [0.2, 0.25) is 5.91 Å². The van der Waals surface area contributed by atoms with Crippen LogP contribution in [0, 0.1) is 23.2 Å². The van der Waals surface area contributed by atoms with Crippen molar-refractivity contribution >= 4 is 5.91 Å². The Balaban J connectivity index is 2.58. The van der Waals surface area contributed by atoms with Crippen molar-refractivity contribution in [1.29, 1.82) is 5.26 Å². The van der Waals surface area contributed by atoms with Crippen molar-refractivity contribution in [2.24, 2.45) is 11.8 Å². The van der Waals surface area contributed by atoms with Crippen LogP contribution in [0.25, 0.3) is 0 Å². The summed E-state index contributed by atoms with van der Waals surface area (Å²) in [6.45, 7) is 6.10. The Hall–Kier alpha value is -1.04. The number of hydrogen-bond acceptors (Lipinski definition) is 2. The first-order valence-electron chi connectivity index (χ1n) is 5.25. The lowest BCUT2D eigenvalue weighted by Crippen LogP contribution is -2.41. The first-order chi connectivity index (χ1) is 6.57. The molecule has 0 spiro atoms. The molecule has 0 bridgehead atoms. The molecule has 3 heteroatoms. The molecule has 78 valence electrons. The molecule has 1 fully saturated rings. The molecule has 0 radical (unpaired) electrons. The van der Waals surface area contributed by atoms with E-state index in [9.17, 15) is 4.79 Å². The van der Waals surface area contributed by atoms with E-state index in [1.807, 2.05) is 26.8 Å². The molecular formula is C11H18N2O. The minimum absolute atomic E-state index is 0.103. The van der Waals surface area contributed by atoms with Gasteiger partial charge in [-0.3, -0.25) is 4.79 Å². The predicted octanol–water partition coefficient (Wildman–Crippen LogP) is 1.79. The number of nitriles is 1. The summed E-state index contributed by atoms with van der Waals surface area (Å²) < 4.78 is 0. The maximum absolute atomic E-state index is 11.9. The molecule has 1 atom stereocenters. The second kappa shape index (κ2) is 4.45.